The van der Waals surface area contributed by atoms with Gasteiger partial charge >= 0.3 is 0 Å². The molecule has 1 fully saturated rings. The molecule has 1 heterocycles. The van der Waals surface area contributed by atoms with Crippen molar-refractivity contribution < 1.29 is 14.6 Å². The molecule has 5 heteroatoms. The second kappa shape index (κ2) is 7.66. The van der Waals surface area contributed by atoms with Crippen molar-refractivity contribution in [2.45, 2.75) is 44.8 Å². The molecule has 1 aliphatic heterocycles. The Morgan fingerprint density at radius 3 is 2.86 bits per heavy atom. The van der Waals surface area contributed by atoms with Crippen molar-refractivity contribution in [3.8, 4) is 5.75 Å². The van der Waals surface area contributed by atoms with Crippen LogP contribution in [-0.2, 0) is 4.79 Å². The molecule has 1 amide bonds. The summed E-state index contributed by atoms with van der Waals surface area (Å²) >= 11 is 5.83. The van der Waals surface area contributed by atoms with E-state index in [-0.39, 0.29) is 18.6 Å². The molecule has 0 aromatic heterocycles. The van der Waals surface area contributed by atoms with Crippen LogP contribution in [0.2, 0.25) is 5.02 Å². The summed E-state index contributed by atoms with van der Waals surface area (Å²) in [4.78, 5) is 14.4. The molecule has 2 unspecified atom stereocenters. The molecule has 116 valence electrons. The van der Waals surface area contributed by atoms with Crippen molar-refractivity contribution in [3.05, 3.63) is 29.3 Å². The Balaban J connectivity index is 1.93. The molecule has 0 aliphatic carbocycles. The van der Waals surface area contributed by atoms with E-state index in [1.807, 2.05) is 4.90 Å². The van der Waals surface area contributed by atoms with E-state index in [0.717, 1.165) is 32.2 Å². The van der Waals surface area contributed by atoms with Crippen LogP contribution in [0, 0.1) is 0 Å². The van der Waals surface area contributed by atoms with Gasteiger partial charge in [-0.2, -0.15) is 0 Å². The number of hydrogen-bond acceptors (Lipinski definition) is 3. The SMILES string of the molecule is CC(Oc1ccc(Cl)cc1)C(=O)N1CCCC1CCCO. The molecule has 1 aromatic rings. The van der Waals surface area contributed by atoms with Gasteiger partial charge in [0.1, 0.15) is 5.75 Å². The third-order valence-electron chi connectivity index (χ3n) is 3.83. The first-order valence-corrected chi connectivity index (χ1v) is 7.83. The summed E-state index contributed by atoms with van der Waals surface area (Å²) in [6, 6.07) is 7.25. The maximum atomic E-state index is 12.5. The summed E-state index contributed by atoms with van der Waals surface area (Å²) in [7, 11) is 0. The van der Waals surface area contributed by atoms with Crippen LogP contribution in [0.15, 0.2) is 24.3 Å². The average Bonchev–Trinajstić information content (AvgIpc) is 2.95. The second-order valence-electron chi connectivity index (χ2n) is 5.41. The van der Waals surface area contributed by atoms with Gasteiger partial charge in [0.2, 0.25) is 0 Å². The van der Waals surface area contributed by atoms with Gasteiger partial charge in [-0.05, 0) is 56.9 Å². The zero-order chi connectivity index (χ0) is 15.2. The molecule has 0 spiro atoms. The number of benzene rings is 1. The number of halogens is 1. The van der Waals surface area contributed by atoms with Crippen molar-refractivity contribution in [2.24, 2.45) is 0 Å². The number of aliphatic hydroxyl groups excluding tert-OH is 1. The Bertz CT molecular complexity index is 463. The molecule has 1 aliphatic rings. The monoisotopic (exact) mass is 311 g/mol. The van der Waals surface area contributed by atoms with Gasteiger partial charge in [-0.25, -0.2) is 0 Å². The van der Waals surface area contributed by atoms with E-state index < -0.39 is 6.10 Å². The zero-order valence-corrected chi connectivity index (χ0v) is 13.1. The van der Waals surface area contributed by atoms with Crippen LogP contribution < -0.4 is 4.74 Å². The van der Waals surface area contributed by atoms with E-state index in [1.54, 1.807) is 31.2 Å². The van der Waals surface area contributed by atoms with Gasteiger partial charge in [0, 0.05) is 24.2 Å². The van der Waals surface area contributed by atoms with Crippen LogP contribution in [0.5, 0.6) is 5.75 Å². The maximum absolute atomic E-state index is 12.5. The lowest BCUT2D eigenvalue weighted by Gasteiger charge is -2.27. The maximum Gasteiger partial charge on any atom is 0.263 e. The lowest BCUT2D eigenvalue weighted by Crippen LogP contribution is -2.43. The minimum absolute atomic E-state index is 0.0189. The summed E-state index contributed by atoms with van der Waals surface area (Å²) in [6.45, 7) is 2.73. The second-order valence-corrected chi connectivity index (χ2v) is 5.84. The first kappa shape index (κ1) is 16.1. The number of likely N-dealkylation sites (tertiary alicyclic amines) is 1. The summed E-state index contributed by atoms with van der Waals surface area (Å²) in [5, 5.41) is 9.58. The van der Waals surface area contributed by atoms with Crippen molar-refractivity contribution in [2.75, 3.05) is 13.2 Å². The minimum Gasteiger partial charge on any atom is -0.481 e. The van der Waals surface area contributed by atoms with Crippen molar-refractivity contribution in [1.29, 1.82) is 0 Å². The van der Waals surface area contributed by atoms with Gasteiger partial charge in [-0.1, -0.05) is 11.6 Å². The topological polar surface area (TPSA) is 49.8 Å². The third kappa shape index (κ3) is 4.35. The first-order valence-electron chi connectivity index (χ1n) is 7.45. The fraction of sp³-hybridized carbons (Fsp3) is 0.562. The Hall–Kier alpha value is -1.26. The lowest BCUT2D eigenvalue weighted by atomic mass is 10.1. The van der Waals surface area contributed by atoms with Crippen molar-refractivity contribution >= 4 is 17.5 Å². The Labute approximate surface area is 130 Å². The Morgan fingerprint density at radius 1 is 1.48 bits per heavy atom. The summed E-state index contributed by atoms with van der Waals surface area (Å²) in [6.07, 6.45) is 3.12. The zero-order valence-electron chi connectivity index (χ0n) is 12.3. The molecule has 2 atom stereocenters. The van der Waals surface area contributed by atoms with E-state index >= 15 is 0 Å². The highest BCUT2D eigenvalue weighted by Gasteiger charge is 2.31. The minimum atomic E-state index is -0.513. The van der Waals surface area contributed by atoms with Gasteiger partial charge in [-0.3, -0.25) is 4.79 Å². The van der Waals surface area contributed by atoms with Crippen molar-refractivity contribution in [3.63, 3.8) is 0 Å². The highest BCUT2D eigenvalue weighted by Crippen LogP contribution is 2.23. The Morgan fingerprint density at radius 2 is 2.19 bits per heavy atom. The van der Waals surface area contributed by atoms with E-state index in [2.05, 4.69) is 0 Å². The first-order chi connectivity index (χ1) is 10.1. The fourth-order valence-corrected chi connectivity index (χ4v) is 2.88. The average molecular weight is 312 g/mol. The van der Waals surface area contributed by atoms with E-state index in [0.29, 0.717) is 10.8 Å². The van der Waals surface area contributed by atoms with Crippen LogP contribution in [0.3, 0.4) is 0 Å². The predicted octanol–water partition coefficient (Wildman–Crippen LogP) is 2.87. The highest BCUT2D eigenvalue weighted by atomic mass is 35.5. The normalized spacial score (nSPS) is 19.6. The largest absolute Gasteiger partial charge is 0.481 e. The third-order valence-corrected chi connectivity index (χ3v) is 4.08. The number of aliphatic hydroxyl groups is 1. The van der Waals surface area contributed by atoms with Gasteiger partial charge < -0.3 is 14.7 Å². The van der Waals surface area contributed by atoms with Crippen molar-refractivity contribution in [1.82, 2.24) is 4.90 Å². The predicted molar refractivity (Wildman–Crippen MR) is 82.6 cm³/mol. The molecule has 1 saturated heterocycles. The van der Waals surface area contributed by atoms with Gasteiger partial charge in [0.25, 0.3) is 5.91 Å². The molecule has 1 N–H and O–H groups in total. The van der Waals surface area contributed by atoms with E-state index in [1.165, 1.54) is 0 Å². The number of hydrogen-bond donors (Lipinski definition) is 1. The van der Waals surface area contributed by atoms with Crippen LogP contribution in [0.1, 0.15) is 32.6 Å². The van der Waals surface area contributed by atoms with E-state index in [4.69, 9.17) is 21.4 Å². The lowest BCUT2D eigenvalue weighted by molar-refractivity contribution is -0.138. The Kier molecular flexibility index (Phi) is 5.88. The molecule has 0 saturated carbocycles. The van der Waals surface area contributed by atoms with Crippen LogP contribution in [0.4, 0.5) is 0 Å². The number of nitrogens with zero attached hydrogens (tertiary/aromatic N) is 1. The number of rotatable bonds is 6. The standard InChI is InChI=1S/C16H22ClNO3/c1-12(21-15-8-6-13(17)7-9-15)16(20)18-10-2-4-14(18)5-3-11-19/h6-9,12,14,19H,2-5,10-11H2,1H3. The molecule has 0 bridgehead atoms. The highest BCUT2D eigenvalue weighted by molar-refractivity contribution is 6.30. The molecule has 1 aromatic carbocycles. The molecule has 4 nitrogen and oxygen atoms in total. The number of ether oxygens (including phenoxy) is 1. The van der Waals surface area contributed by atoms with Gasteiger partial charge in [0.05, 0.1) is 0 Å². The number of carbonyl (C=O) groups is 1. The summed E-state index contributed by atoms with van der Waals surface area (Å²) < 4.78 is 5.70. The van der Waals surface area contributed by atoms with Gasteiger partial charge in [0.15, 0.2) is 6.10 Å². The van der Waals surface area contributed by atoms with Crippen LogP contribution in [0.25, 0.3) is 0 Å². The summed E-state index contributed by atoms with van der Waals surface area (Å²) in [5.41, 5.74) is 0. The molecular weight excluding hydrogens is 290 g/mol. The molecule has 21 heavy (non-hydrogen) atoms. The molecule has 2 rings (SSSR count). The molecule has 0 radical (unpaired) electrons. The number of carbonyl (C=O) groups excluding carboxylic acids is 1. The smallest absolute Gasteiger partial charge is 0.263 e. The van der Waals surface area contributed by atoms with Crippen LogP contribution in [-0.4, -0.2) is 41.2 Å². The van der Waals surface area contributed by atoms with E-state index in [9.17, 15) is 4.79 Å². The van der Waals surface area contributed by atoms with Crippen LogP contribution >= 0.6 is 11.6 Å². The fourth-order valence-electron chi connectivity index (χ4n) is 2.75. The van der Waals surface area contributed by atoms with Gasteiger partial charge in [-0.15, -0.1) is 0 Å². The quantitative estimate of drug-likeness (QED) is 0.879. The number of amides is 1. The molecular formula is C16H22ClNO3. The summed E-state index contributed by atoms with van der Waals surface area (Å²) in [5.74, 6) is 0.664.